The van der Waals surface area contributed by atoms with Crippen LogP contribution < -0.4 is 4.65 Å². The molecule has 0 aromatic heterocycles. The van der Waals surface area contributed by atoms with Gasteiger partial charge in [-0.05, 0) is 12.5 Å². The van der Waals surface area contributed by atoms with Gasteiger partial charge in [-0.1, -0.05) is 19.7 Å². The van der Waals surface area contributed by atoms with E-state index in [-0.39, 0.29) is 15.7 Å². The van der Waals surface area contributed by atoms with Crippen molar-refractivity contribution in [1.82, 2.24) is 4.65 Å². The van der Waals surface area contributed by atoms with Crippen LogP contribution in [0.15, 0.2) is 12.7 Å². The number of carbonyl (C=O) groups excluding carboxylic acids is 1. The molecule has 0 fully saturated rings. The molecule has 0 amide bonds. The molecule has 0 aliphatic rings. The number of rotatable bonds is 7. The number of esters is 1. The summed E-state index contributed by atoms with van der Waals surface area (Å²) in [6.07, 6.45) is 2.19. The number of hydrogen-bond acceptors (Lipinski definition) is 3. The van der Waals surface area contributed by atoms with Gasteiger partial charge in [0, 0.05) is 6.08 Å². The highest BCUT2D eigenvalue weighted by Gasteiger charge is 1.96. The van der Waals surface area contributed by atoms with Gasteiger partial charge < -0.3 is 9.38 Å². The van der Waals surface area contributed by atoms with E-state index in [4.69, 9.17) is 4.74 Å². The highest BCUT2D eigenvalue weighted by molar-refractivity contribution is 6.63. The lowest BCUT2D eigenvalue weighted by molar-refractivity contribution is -0.137. The summed E-state index contributed by atoms with van der Waals surface area (Å²) in [6, 6.07) is 1.20. The number of nitrogens with one attached hydrogen (secondary N) is 1. The Labute approximate surface area is 84.1 Å². The lowest BCUT2D eigenvalue weighted by Gasteiger charge is -2.05. The van der Waals surface area contributed by atoms with Crippen LogP contribution in [0, 0.1) is 0 Å². The average Bonchev–Trinajstić information content (AvgIpc) is 2.10. The van der Waals surface area contributed by atoms with Crippen molar-refractivity contribution in [3.05, 3.63) is 12.7 Å². The molecule has 0 unspecified atom stereocenters. The third-order valence-electron chi connectivity index (χ3n) is 1.53. The Morgan fingerprint density at radius 2 is 2.38 bits per heavy atom. The van der Waals surface area contributed by atoms with Crippen molar-refractivity contribution in [3.63, 3.8) is 0 Å². The first-order valence-electron chi connectivity index (χ1n) is 4.69. The van der Waals surface area contributed by atoms with Crippen molar-refractivity contribution in [2.75, 3.05) is 6.61 Å². The molecule has 0 radical (unpaired) electrons. The topological polar surface area (TPSA) is 38.3 Å². The fourth-order valence-electron chi connectivity index (χ4n) is 0.849. The molecule has 0 spiro atoms. The molecule has 0 aromatic rings. The second kappa shape index (κ2) is 8.21. The Morgan fingerprint density at radius 1 is 1.69 bits per heavy atom. The van der Waals surface area contributed by atoms with Gasteiger partial charge in [-0.2, -0.15) is 0 Å². The molecule has 1 N–H and O–H groups in total. The first-order valence-corrected chi connectivity index (χ1v) is 9.28. The first kappa shape index (κ1) is 12.6. The highest BCUT2D eigenvalue weighted by Crippen LogP contribution is 1.90. The molecule has 0 saturated carbocycles. The Morgan fingerprint density at radius 3 is 2.92 bits per heavy atom. The van der Waals surface area contributed by atoms with E-state index < -0.39 is 8.96 Å². The van der Waals surface area contributed by atoms with E-state index in [2.05, 4.69) is 24.3 Å². The predicted molar refractivity (Wildman–Crippen MR) is 61.1 cm³/mol. The Hall–Kier alpha value is -0.396. The summed E-state index contributed by atoms with van der Waals surface area (Å²) in [4.78, 5) is 10.6. The number of ether oxygens (including phenoxy) is 1. The summed E-state index contributed by atoms with van der Waals surface area (Å²) in [5, 5.41) is 0. The van der Waals surface area contributed by atoms with Crippen molar-refractivity contribution < 1.29 is 9.53 Å². The summed E-state index contributed by atoms with van der Waals surface area (Å²) in [5.41, 5.74) is 0. The van der Waals surface area contributed by atoms with Gasteiger partial charge in [-0.25, -0.2) is 4.79 Å². The molecule has 3 nitrogen and oxygen atoms in total. The van der Waals surface area contributed by atoms with Gasteiger partial charge in [-0.3, -0.25) is 0 Å². The van der Waals surface area contributed by atoms with Gasteiger partial charge in [0.05, 0.1) is 25.2 Å². The van der Waals surface area contributed by atoms with Crippen LogP contribution >= 0.6 is 0 Å². The molecule has 0 rings (SSSR count). The summed E-state index contributed by atoms with van der Waals surface area (Å²) >= 11 is 0. The molecule has 13 heavy (non-hydrogen) atoms. The van der Waals surface area contributed by atoms with Crippen molar-refractivity contribution in [3.8, 4) is 0 Å². The molecule has 0 bridgehead atoms. The summed E-state index contributed by atoms with van der Waals surface area (Å²) < 4.78 is 8.41. The summed E-state index contributed by atoms with van der Waals surface area (Å²) in [5.74, 6) is -0.312. The van der Waals surface area contributed by atoms with E-state index in [1.165, 1.54) is 12.1 Å². The minimum atomic E-state index is -0.560. The van der Waals surface area contributed by atoms with E-state index in [0.717, 1.165) is 6.42 Å². The minimum absolute atomic E-state index is 0.0927. The Balaban J connectivity index is 3.08. The van der Waals surface area contributed by atoms with Crippen LogP contribution in [0.5, 0.6) is 0 Å². The van der Waals surface area contributed by atoms with Crippen LogP contribution in [0.25, 0.3) is 0 Å². The minimum Gasteiger partial charge on any atom is -0.463 e. The zero-order valence-corrected chi connectivity index (χ0v) is 11.1. The van der Waals surface area contributed by atoms with E-state index in [0.29, 0.717) is 6.61 Å². The first-order chi connectivity index (χ1) is 6.16. The Kier molecular flexibility index (Phi) is 7.96. The van der Waals surface area contributed by atoms with E-state index in [9.17, 15) is 4.79 Å². The molecule has 0 heterocycles. The van der Waals surface area contributed by atoms with Crippen LogP contribution in [0.1, 0.15) is 6.42 Å². The van der Waals surface area contributed by atoms with Crippen molar-refractivity contribution in [2.45, 2.75) is 25.6 Å². The van der Waals surface area contributed by atoms with Crippen molar-refractivity contribution >= 4 is 24.6 Å². The number of carbonyl (C=O) groups is 1. The third-order valence-corrected chi connectivity index (χ3v) is 6.81. The van der Waals surface area contributed by atoms with Crippen LogP contribution in [-0.4, -0.2) is 31.2 Å². The molecular weight excluding hydrogens is 198 g/mol. The van der Waals surface area contributed by atoms with Crippen LogP contribution in [0.3, 0.4) is 0 Å². The second-order valence-corrected chi connectivity index (χ2v) is 8.34. The fourth-order valence-corrected chi connectivity index (χ4v) is 4.43. The molecule has 5 heteroatoms. The van der Waals surface area contributed by atoms with Gasteiger partial charge in [0.1, 0.15) is 0 Å². The quantitative estimate of drug-likeness (QED) is 0.286. The molecule has 0 saturated heterocycles. The maximum absolute atomic E-state index is 10.6. The van der Waals surface area contributed by atoms with Gasteiger partial charge in [-0.15, -0.1) is 0 Å². The fraction of sp³-hybridized carbons (Fsp3) is 0.625. The van der Waals surface area contributed by atoms with E-state index in [1.807, 2.05) is 0 Å². The lowest BCUT2D eigenvalue weighted by atomic mass is 10.5. The maximum Gasteiger partial charge on any atom is 0.330 e. The average molecular weight is 217 g/mol. The molecule has 0 atom stereocenters. The standard InChI is InChI=1S/C8H19NO2Si2/c1-4-8(10)11-6-5-7-12-9-13(2)3/h4,9,13H,1,5-7,12H2,2-3H3. The van der Waals surface area contributed by atoms with Gasteiger partial charge in [0.15, 0.2) is 0 Å². The molecule has 0 aliphatic carbocycles. The summed E-state index contributed by atoms with van der Waals surface area (Å²) in [7, 11) is -0.653. The predicted octanol–water partition coefficient (Wildman–Crippen LogP) is 0.181. The maximum atomic E-state index is 10.6. The highest BCUT2D eigenvalue weighted by atomic mass is 28.3. The lowest BCUT2D eigenvalue weighted by Crippen LogP contribution is -2.30. The summed E-state index contributed by atoms with van der Waals surface area (Å²) in [6.45, 7) is 8.43. The van der Waals surface area contributed by atoms with Gasteiger partial charge in [0.2, 0.25) is 0 Å². The van der Waals surface area contributed by atoms with Gasteiger partial charge >= 0.3 is 5.97 Å². The SMILES string of the molecule is C=CC(=O)OCCC[SiH2]N[SiH](C)C. The van der Waals surface area contributed by atoms with Crippen LogP contribution in [0.2, 0.25) is 19.1 Å². The monoisotopic (exact) mass is 217 g/mol. The molecular formula is C8H19NO2Si2. The second-order valence-electron chi connectivity index (χ2n) is 3.19. The molecule has 0 aromatic carbocycles. The smallest absolute Gasteiger partial charge is 0.330 e. The van der Waals surface area contributed by atoms with Crippen LogP contribution in [-0.2, 0) is 9.53 Å². The van der Waals surface area contributed by atoms with E-state index >= 15 is 0 Å². The third kappa shape index (κ3) is 9.52. The van der Waals surface area contributed by atoms with Crippen LogP contribution in [0.4, 0.5) is 0 Å². The largest absolute Gasteiger partial charge is 0.463 e. The zero-order valence-electron chi connectivity index (χ0n) is 8.51. The van der Waals surface area contributed by atoms with Gasteiger partial charge in [0.25, 0.3) is 0 Å². The zero-order chi connectivity index (χ0) is 10.1. The Bertz CT molecular complexity index is 162. The molecule has 0 aliphatic heterocycles. The van der Waals surface area contributed by atoms with Crippen molar-refractivity contribution in [2.24, 2.45) is 0 Å². The van der Waals surface area contributed by atoms with E-state index in [1.54, 1.807) is 0 Å². The normalized spacial score (nSPS) is 11.0. The van der Waals surface area contributed by atoms with Crippen molar-refractivity contribution in [1.29, 1.82) is 0 Å². The molecule has 76 valence electrons. The number of hydrogen-bond donors (Lipinski definition) is 1.